The molecule has 1 N–H and O–H groups in total. The number of carbonyl (C=O) groups is 2. The van der Waals surface area contributed by atoms with E-state index in [4.69, 9.17) is 4.74 Å². The molecule has 0 saturated heterocycles. The minimum Gasteiger partial charge on any atom is -0.497 e. The Kier molecular flexibility index (Phi) is 3.69. The van der Waals surface area contributed by atoms with E-state index in [2.05, 4.69) is 5.32 Å². The van der Waals surface area contributed by atoms with Gasteiger partial charge in [-0.15, -0.1) is 0 Å². The topological polar surface area (TPSA) is 92.8 Å². The van der Waals surface area contributed by atoms with Gasteiger partial charge in [0.15, 0.2) is 0 Å². The van der Waals surface area contributed by atoms with Crippen LogP contribution in [-0.2, 0) is 18.5 Å². The van der Waals surface area contributed by atoms with E-state index in [0.29, 0.717) is 22.2 Å². The lowest BCUT2D eigenvalue weighted by Gasteiger charge is -2.18. The molecule has 1 aromatic rings. The molecule has 23 heavy (non-hydrogen) atoms. The first-order valence-electron chi connectivity index (χ1n) is 6.49. The molecule has 0 spiro atoms. The molecule has 2 aliphatic heterocycles. The summed E-state index contributed by atoms with van der Waals surface area (Å²) in [7, 11) is -1.57. The molecule has 0 radical (unpaired) electrons. The van der Waals surface area contributed by atoms with Crippen LogP contribution in [0.5, 0.6) is 5.75 Å². The lowest BCUT2D eigenvalue weighted by molar-refractivity contribution is -0.121. The molecule has 0 aliphatic carbocycles. The molecule has 120 valence electrons. The molecule has 7 nitrogen and oxygen atoms in total. The van der Waals surface area contributed by atoms with Gasteiger partial charge >= 0.3 is 0 Å². The Morgan fingerprint density at radius 3 is 2.48 bits per heavy atom. The van der Waals surface area contributed by atoms with Gasteiger partial charge in [0.25, 0.3) is 5.91 Å². The van der Waals surface area contributed by atoms with Crippen molar-refractivity contribution < 1.29 is 22.7 Å². The molecule has 2 amide bonds. The molecule has 2 heterocycles. The lowest BCUT2D eigenvalue weighted by Crippen LogP contribution is -2.31. The zero-order chi connectivity index (χ0) is 16.8. The van der Waals surface area contributed by atoms with Gasteiger partial charge in [-0.05, 0) is 24.3 Å². The van der Waals surface area contributed by atoms with Crippen molar-refractivity contribution in [2.45, 2.75) is 6.92 Å². The number of nitrogens with one attached hydrogen (secondary N) is 1. The highest BCUT2D eigenvalue weighted by Crippen LogP contribution is 2.46. The van der Waals surface area contributed by atoms with Crippen LogP contribution in [0.3, 0.4) is 0 Å². The van der Waals surface area contributed by atoms with Crippen molar-refractivity contribution in [1.29, 1.82) is 0 Å². The maximum absolute atomic E-state index is 12.6. The highest BCUT2D eigenvalue weighted by molar-refractivity contribution is 8.75. The van der Waals surface area contributed by atoms with Gasteiger partial charge in [0, 0.05) is 28.8 Å². The number of fused-ring (bicyclic) bond motifs is 1. The number of hydrogen-bond acceptors (Lipinski definition) is 6. The molecule has 2 aliphatic rings. The average Bonchev–Trinajstić information content (AvgIpc) is 2.95. The molecular formula is C14H12N2O5S2. The Balaban J connectivity index is 2.09. The third-order valence-corrected chi connectivity index (χ3v) is 6.32. The average molecular weight is 352 g/mol. The number of benzene rings is 1. The van der Waals surface area contributed by atoms with Gasteiger partial charge < -0.3 is 10.1 Å². The summed E-state index contributed by atoms with van der Waals surface area (Å²) in [5, 5.41) is 3.72. The normalized spacial score (nSPS) is 18.8. The molecule has 0 unspecified atom stereocenters. The molecule has 1 aromatic carbocycles. The summed E-state index contributed by atoms with van der Waals surface area (Å²) in [5.74, 6) is -0.488. The maximum atomic E-state index is 12.6. The van der Waals surface area contributed by atoms with Gasteiger partial charge in [0.05, 0.1) is 12.8 Å². The summed E-state index contributed by atoms with van der Waals surface area (Å²) < 4.78 is 29.4. The third kappa shape index (κ3) is 2.51. The fourth-order valence-electron chi connectivity index (χ4n) is 2.34. The molecule has 0 bridgehead atoms. The lowest BCUT2D eigenvalue weighted by atomic mass is 10.2. The van der Waals surface area contributed by atoms with E-state index in [-0.39, 0.29) is 16.3 Å². The first-order chi connectivity index (χ1) is 10.8. The van der Waals surface area contributed by atoms with Crippen molar-refractivity contribution in [2.75, 3.05) is 12.0 Å². The van der Waals surface area contributed by atoms with Crippen LogP contribution < -0.4 is 15.0 Å². The number of carbonyl (C=O) groups excluding carboxylic acids is 2. The van der Waals surface area contributed by atoms with Crippen molar-refractivity contribution >= 4 is 37.2 Å². The van der Waals surface area contributed by atoms with E-state index < -0.39 is 20.7 Å². The van der Waals surface area contributed by atoms with Crippen molar-refractivity contribution in [1.82, 2.24) is 5.32 Å². The minimum absolute atomic E-state index is 0.154. The van der Waals surface area contributed by atoms with Crippen molar-refractivity contribution in [2.24, 2.45) is 0 Å². The number of rotatable bonds is 3. The van der Waals surface area contributed by atoms with Gasteiger partial charge in [-0.25, -0.2) is 8.42 Å². The smallest absolute Gasteiger partial charge is 0.280 e. The van der Waals surface area contributed by atoms with Gasteiger partial charge in [-0.2, -0.15) is 0 Å². The molecule has 0 fully saturated rings. The van der Waals surface area contributed by atoms with Crippen LogP contribution in [0.4, 0.5) is 5.69 Å². The highest BCUT2D eigenvalue weighted by Gasteiger charge is 2.46. The highest BCUT2D eigenvalue weighted by atomic mass is 33.1. The number of anilines is 1. The van der Waals surface area contributed by atoms with Gasteiger partial charge in [-0.1, -0.05) is 0 Å². The van der Waals surface area contributed by atoms with Crippen molar-refractivity contribution in [3.8, 4) is 5.75 Å². The summed E-state index contributed by atoms with van der Waals surface area (Å²) in [6.45, 7) is 1.22. The largest absolute Gasteiger partial charge is 0.497 e. The molecule has 3 rings (SSSR count). The Labute approximate surface area is 136 Å². The maximum Gasteiger partial charge on any atom is 0.280 e. The van der Waals surface area contributed by atoms with Crippen LogP contribution in [-0.4, -0.2) is 27.3 Å². The van der Waals surface area contributed by atoms with Gasteiger partial charge in [-0.3, -0.25) is 14.5 Å². The summed E-state index contributed by atoms with van der Waals surface area (Å²) in [5.41, 5.74) is 0.510. The Morgan fingerprint density at radius 1 is 1.26 bits per heavy atom. The summed E-state index contributed by atoms with van der Waals surface area (Å²) in [4.78, 5) is 25.0. The molecule has 0 atom stereocenters. The van der Waals surface area contributed by atoms with Crippen LogP contribution in [0.15, 0.2) is 46.0 Å². The fourth-order valence-corrected chi connectivity index (χ4v) is 5.19. The van der Waals surface area contributed by atoms with Crippen molar-refractivity contribution in [3.05, 3.63) is 46.0 Å². The van der Waals surface area contributed by atoms with Crippen molar-refractivity contribution in [3.63, 3.8) is 0 Å². The zero-order valence-electron chi connectivity index (χ0n) is 12.2. The SMILES string of the molecule is COc1ccc(N2C(=O)C(NC(C)=O)=C3C2=CSS3(=O)=O)cc1. The fraction of sp³-hybridized carbons (Fsp3) is 0.143. The Bertz CT molecular complexity index is 869. The second-order valence-corrected chi connectivity index (χ2v) is 8.42. The first kappa shape index (κ1) is 15.6. The second-order valence-electron chi connectivity index (χ2n) is 4.78. The number of amides is 2. The van der Waals surface area contributed by atoms with E-state index >= 15 is 0 Å². The Morgan fingerprint density at radius 2 is 1.91 bits per heavy atom. The van der Waals surface area contributed by atoms with E-state index in [1.807, 2.05) is 0 Å². The van der Waals surface area contributed by atoms with Gasteiger partial charge in [0.1, 0.15) is 16.4 Å². The predicted molar refractivity (Wildman–Crippen MR) is 85.9 cm³/mol. The van der Waals surface area contributed by atoms with Crippen LogP contribution >= 0.6 is 10.8 Å². The standard InChI is InChI=1S/C14H12N2O5S2/c1-8(17)15-12-13-11(7-22-23(13,19)20)16(14(12)18)9-3-5-10(21-2)6-4-9/h3-7H,1-2H3,(H,15,17). The summed E-state index contributed by atoms with van der Waals surface area (Å²) in [6.07, 6.45) is 0. The summed E-state index contributed by atoms with van der Waals surface area (Å²) in [6, 6.07) is 6.61. The van der Waals surface area contributed by atoms with Crippen LogP contribution in [0.1, 0.15) is 6.92 Å². The van der Waals surface area contributed by atoms with Gasteiger partial charge in [0.2, 0.25) is 14.8 Å². The first-order valence-corrected chi connectivity index (χ1v) is 9.37. The minimum atomic E-state index is -3.70. The van der Waals surface area contributed by atoms with Crippen LogP contribution in [0, 0.1) is 0 Å². The number of ether oxygens (including phenoxy) is 1. The molecular weight excluding hydrogens is 340 g/mol. The number of hydrogen-bond donors (Lipinski definition) is 1. The third-order valence-electron chi connectivity index (χ3n) is 3.29. The summed E-state index contributed by atoms with van der Waals surface area (Å²) >= 11 is 0. The van der Waals surface area contributed by atoms with E-state index in [9.17, 15) is 18.0 Å². The molecule has 0 saturated carbocycles. The number of methoxy groups -OCH3 is 1. The van der Waals surface area contributed by atoms with Crippen LogP contribution in [0.2, 0.25) is 0 Å². The predicted octanol–water partition coefficient (Wildman–Crippen LogP) is 1.31. The Hall–Kier alpha value is -2.26. The second kappa shape index (κ2) is 5.43. The molecule has 9 heteroatoms. The monoisotopic (exact) mass is 352 g/mol. The van der Waals surface area contributed by atoms with Crippen LogP contribution in [0.25, 0.3) is 0 Å². The van der Waals surface area contributed by atoms with E-state index in [1.54, 1.807) is 24.3 Å². The van der Waals surface area contributed by atoms with E-state index in [1.165, 1.54) is 24.3 Å². The zero-order valence-corrected chi connectivity index (χ0v) is 13.8. The van der Waals surface area contributed by atoms with E-state index in [0.717, 1.165) is 0 Å². The quantitative estimate of drug-likeness (QED) is 0.825. The number of nitrogens with zero attached hydrogens (tertiary/aromatic N) is 1. The molecule has 0 aromatic heterocycles.